The van der Waals surface area contributed by atoms with E-state index < -0.39 is 0 Å². The number of hydrogen-bond acceptors (Lipinski definition) is 3. The summed E-state index contributed by atoms with van der Waals surface area (Å²) in [4.78, 5) is 3.99. The lowest BCUT2D eigenvalue weighted by molar-refractivity contribution is 0.274. The highest BCUT2D eigenvalue weighted by molar-refractivity contribution is 5.22. The topological polar surface area (TPSA) is 42.4 Å². The normalized spacial score (nSPS) is 10.2. The van der Waals surface area contributed by atoms with E-state index in [0.29, 0.717) is 12.3 Å². The fourth-order valence-corrected chi connectivity index (χ4v) is 1.56. The highest BCUT2D eigenvalue weighted by atomic mass is 16.5. The van der Waals surface area contributed by atoms with Crippen LogP contribution in [0.1, 0.15) is 11.3 Å². The molecule has 0 radical (unpaired) electrons. The Labute approximate surface area is 101 Å². The molecule has 1 N–H and O–H groups in total. The summed E-state index contributed by atoms with van der Waals surface area (Å²) in [6, 6.07) is 13.7. The first-order chi connectivity index (χ1) is 8.38. The lowest BCUT2D eigenvalue weighted by atomic mass is 10.2. The van der Waals surface area contributed by atoms with Crippen LogP contribution >= 0.6 is 0 Å². The molecule has 1 heterocycles. The van der Waals surface area contributed by atoms with Gasteiger partial charge >= 0.3 is 0 Å². The Morgan fingerprint density at radius 3 is 2.71 bits per heavy atom. The molecule has 0 spiro atoms. The quantitative estimate of drug-likeness (QED) is 0.854. The van der Waals surface area contributed by atoms with Gasteiger partial charge in [0.1, 0.15) is 5.75 Å². The van der Waals surface area contributed by atoms with Gasteiger partial charge in [-0.2, -0.15) is 0 Å². The van der Waals surface area contributed by atoms with Gasteiger partial charge < -0.3 is 9.84 Å². The minimum absolute atomic E-state index is 0.0596. The molecule has 0 saturated heterocycles. The van der Waals surface area contributed by atoms with Crippen LogP contribution in [-0.4, -0.2) is 16.7 Å². The molecule has 17 heavy (non-hydrogen) atoms. The van der Waals surface area contributed by atoms with Crippen LogP contribution in [0.2, 0.25) is 0 Å². The van der Waals surface area contributed by atoms with Crippen molar-refractivity contribution in [2.45, 2.75) is 13.0 Å². The minimum Gasteiger partial charge on any atom is -0.493 e. The maximum absolute atomic E-state index is 8.95. The number of aliphatic hydroxyl groups excluding tert-OH is 1. The zero-order valence-corrected chi connectivity index (χ0v) is 9.54. The predicted molar refractivity (Wildman–Crippen MR) is 65.8 cm³/mol. The van der Waals surface area contributed by atoms with E-state index in [1.165, 1.54) is 5.56 Å². The van der Waals surface area contributed by atoms with Crippen LogP contribution in [0.4, 0.5) is 0 Å². The molecule has 1 aromatic carbocycles. The van der Waals surface area contributed by atoms with Crippen molar-refractivity contribution in [3.8, 4) is 5.75 Å². The Morgan fingerprint density at radius 1 is 1.12 bits per heavy atom. The van der Waals surface area contributed by atoms with Crippen molar-refractivity contribution in [3.05, 3.63) is 59.9 Å². The summed E-state index contributed by atoms with van der Waals surface area (Å²) in [6.45, 7) is 0.564. The molecule has 3 heteroatoms. The zero-order valence-electron chi connectivity index (χ0n) is 9.54. The van der Waals surface area contributed by atoms with Crippen molar-refractivity contribution in [2.75, 3.05) is 6.61 Å². The molecule has 0 fully saturated rings. The fourth-order valence-electron chi connectivity index (χ4n) is 1.56. The largest absolute Gasteiger partial charge is 0.493 e. The Kier molecular flexibility index (Phi) is 4.11. The zero-order chi connectivity index (χ0) is 11.9. The summed E-state index contributed by atoms with van der Waals surface area (Å²) >= 11 is 0. The number of aliphatic hydroxyl groups is 1. The third-order valence-electron chi connectivity index (χ3n) is 2.45. The second-order valence-electron chi connectivity index (χ2n) is 3.73. The molecule has 0 amide bonds. The van der Waals surface area contributed by atoms with E-state index in [-0.39, 0.29) is 6.61 Å². The van der Waals surface area contributed by atoms with Gasteiger partial charge in [-0.25, -0.2) is 0 Å². The molecule has 3 nitrogen and oxygen atoms in total. The van der Waals surface area contributed by atoms with Gasteiger partial charge in [0.2, 0.25) is 0 Å². The fraction of sp³-hybridized carbons (Fsp3) is 0.214. The molecule has 0 aliphatic rings. The summed E-state index contributed by atoms with van der Waals surface area (Å²) in [6.07, 6.45) is 2.51. The summed E-state index contributed by atoms with van der Waals surface area (Å²) < 4.78 is 5.60. The van der Waals surface area contributed by atoms with Crippen molar-refractivity contribution in [1.29, 1.82) is 0 Å². The van der Waals surface area contributed by atoms with E-state index in [9.17, 15) is 0 Å². The highest BCUT2D eigenvalue weighted by Crippen LogP contribution is 2.11. The van der Waals surface area contributed by atoms with E-state index in [4.69, 9.17) is 9.84 Å². The maximum Gasteiger partial charge on any atom is 0.122 e. The average molecular weight is 229 g/mol. The molecule has 0 aliphatic carbocycles. The van der Waals surface area contributed by atoms with Crippen molar-refractivity contribution in [3.63, 3.8) is 0 Å². The molecule has 2 rings (SSSR count). The first-order valence-electron chi connectivity index (χ1n) is 5.61. The van der Waals surface area contributed by atoms with E-state index in [2.05, 4.69) is 17.1 Å². The van der Waals surface area contributed by atoms with E-state index in [0.717, 1.165) is 12.2 Å². The van der Waals surface area contributed by atoms with Gasteiger partial charge in [-0.3, -0.25) is 4.98 Å². The van der Waals surface area contributed by atoms with Crippen LogP contribution in [0.5, 0.6) is 5.75 Å². The lowest BCUT2D eigenvalue weighted by Crippen LogP contribution is -2.02. The Morgan fingerprint density at radius 2 is 1.94 bits per heavy atom. The van der Waals surface area contributed by atoms with Crippen molar-refractivity contribution < 1.29 is 9.84 Å². The monoisotopic (exact) mass is 229 g/mol. The minimum atomic E-state index is -0.0596. The van der Waals surface area contributed by atoms with Crippen LogP contribution in [0.25, 0.3) is 0 Å². The van der Waals surface area contributed by atoms with E-state index in [1.54, 1.807) is 18.3 Å². The first kappa shape index (κ1) is 11.6. The molecule has 2 aromatic rings. The van der Waals surface area contributed by atoms with Gasteiger partial charge in [0.05, 0.1) is 18.9 Å². The van der Waals surface area contributed by atoms with Crippen molar-refractivity contribution in [1.82, 2.24) is 4.98 Å². The molecule has 0 atom stereocenters. The Bertz CT molecular complexity index is 457. The molecule has 1 aromatic heterocycles. The first-order valence-corrected chi connectivity index (χ1v) is 5.61. The lowest BCUT2D eigenvalue weighted by Gasteiger charge is -2.06. The summed E-state index contributed by atoms with van der Waals surface area (Å²) in [5.41, 5.74) is 1.88. The van der Waals surface area contributed by atoms with E-state index >= 15 is 0 Å². The van der Waals surface area contributed by atoms with Crippen LogP contribution in [0.3, 0.4) is 0 Å². The van der Waals surface area contributed by atoms with Gasteiger partial charge in [0, 0.05) is 18.7 Å². The Hall–Kier alpha value is -1.87. The molecular weight excluding hydrogens is 214 g/mol. The molecular formula is C14H15NO2. The number of aromatic nitrogens is 1. The average Bonchev–Trinajstić information content (AvgIpc) is 2.40. The molecule has 88 valence electrons. The second kappa shape index (κ2) is 6.01. The van der Waals surface area contributed by atoms with Gasteiger partial charge in [-0.05, 0) is 11.6 Å². The maximum atomic E-state index is 8.95. The summed E-state index contributed by atoms with van der Waals surface area (Å²) in [5, 5.41) is 8.95. The van der Waals surface area contributed by atoms with Gasteiger partial charge in [0.15, 0.2) is 0 Å². The van der Waals surface area contributed by atoms with Crippen LogP contribution < -0.4 is 4.74 Å². The van der Waals surface area contributed by atoms with Crippen LogP contribution in [-0.2, 0) is 13.0 Å². The van der Waals surface area contributed by atoms with Crippen molar-refractivity contribution in [2.24, 2.45) is 0 Å². The number of ether oxygens (including phenoxy) is 1. The third-order valence-corrected chi connectivity index (χ3v) is 2.45. The summed E-state index contributed by atoms with van der Waals surface area (Å²) in [7, 11) is 0. The number of benzene rings is 1. The van der Waals surface area contributed by atoms with E-state index in [1.807, 2.05) is 18.2 Å². The van der Waals surface area contributed by atoms with Gasteiger partial charge in [-0.15, -0.1) is 0 Å². The molecule has 0 aliphatic heterocycles. The SMILES string of the molecule is OCc1cc(OCCc2ccccc2)ccn1. The van der Waals surface area contributed by atoms with Gasteiger partial charge in [0.25, 0.3) is 0 Å². The summed E-state index contributed by atoms with van der Waals surface area (Å²) in [5.74, 6) is 0.750. The second-order valence-corrected chi connectivity index (χ2v) is 3.73. The third kappa shape index (κ3) is 3.57. The van der Waals surface area contributed by atoms with Crippen LogP contribution in [0, 0.1) is 0 Å². The predicted octanol–water partition coefficient (Wildman–Crippen LogP) is 2.20. The number of pyridine rings is 1. The molecule has 0 bridgehead atoms. The Balaban J connectivity index is 1.86. The standard InChI is InChI=1S/C14H15NO2/c16-11-13-10-14(6-8-15-13)17-9-7-12-4-2-1-3-5-12/h1-6,8,10,16H,7,9,11H2. The van der Waals surface area contributed by atoms with Crippen LogP contribution in [0.15, 0.2) is 48.7 Å². The van der Waals surface area contributed by atoms with Gasteiger partial charge in [-0.1, -0.05) is 30.3 Å². The smallest absolute Gasteiger partial charge is 0.122 e. The number of hydrogen-bond donors (Lipinski definition) is 1. The number of nitrogens with zero attached hydrogens (tertiary/aromatic N) is 1. The molecule has 0 unspecified atom stereocenters. The number of rotatable bonds is 5. The van der Waals surface area contributed by atoms with Crippen molar-refractivity contribution >= 4 is 0 Å². The highest BCUT2D eigenvalue weighted by Gasteiger charge is 1.97. The molecule has 0 saturated carbocycles.